The van der Waals surface area contributed by atoms with Crippen LogP contribution in [0.25, 0.3) is 0 Å². The number of hydrogen-bond acceptors (Lipinski definition) is 3. The predicted octanol–water partition coefficient (Wildman–Crippen LogP) is 2.29. The van der Waals surface area contributed by atoms with Gasteiger partial charge in [0, 0.05) is 31.2 Å². The molecule has 1 aliphatic carbocycles. The van der Waals surface area contributed by atoms with Crippen molar-refractivity contribution >= 4 is 5.91 Å². The van der Waals surface area contributed by atoms with Crippen molar-refractivity contribution < 1.29 is 4.79 Å². The highest BCUT2D eigenvalue weighted by Crippen LogP contribution is 2.41. The fraction of sp³-hybridized carbons (Fsp3) is 0.765. The molecule has 0 N–H and O–H groups in total. The second-order valence-electron chi connectivity index (χ2n) is 7.76. The third kappa shape index (κ3) is 3.19. The Balaban J connectivity index is 1.83. The van der Waals surface area contributed by atoms with Crippen LogP contribution in [0.4, 0.5) is 0 Å². The van der Waals surface area contributed by atoms with Crippen LogP contribution < -0.4 is 0 Å². The van der Waals surface area contributed by atoms with E-state index in [1.165, 1.54) is 18.5 Å². The molecule has 0 radical (unpaired) electrons. The molecule has 3 rings (SSSR count). The van der Waals surface area contributed by atoms with Crippen molar-refractivity contribution in [1.82, 2.24) is 19.6 Å². The van der Waals surface area contributed by atoms with E-state index in [4.69, 9.17) is 0 Å². The number of nitrogens with zero attached hydrogens (tertiary/aromatic N) is 4. The van der Waals surface area contributed by atoms with Gasteiger partial charge in [0.25, 0.3) is 5.91 Å². The Labute approximate surface area is 133 Å². The zero-order valence-corrected chi connectivity index (χ0v) is 14.3. The zero-order valence-electron chi connectivity index (χ0n) is 14.3. The van der Waals surface area contributed by atoms with Gasteiger partial charge in [-0.3, -0.25) is 9.48 Å². The third-order valence-corrected chi connectivity index (χ3v) is 4.59. The molecule has 0 bridgehead atoms. The Morgan fingerprint density at radius 3 is 2.55 bits per heavy atom. The van der Waals surface area contributed by atoms with E-state index < -0.39 is 0 Å². The number of likely N-dealkylation sites (N-methyl/N-ethyl adjacent to an activating group) is 1. The summed E-state index contributed by atoms with van der Waals surface area (Å²) in [4.78, 5) is 17.1. The standard InChI is InChI=1S/C17H28N4O/c1-17(2,3)21-15(13-6-7-13)12-14(18-21)16(22)20-9-5-8-19(4)10-11-20/h12-13H,5-11H2,1-4H3. The Hall–Kier alpha value is -1.36. The summed E-state index contributed by atoms with van der Waals surface area (Å²) in [5, 5.41) is 4.68. The molecule has 1 aromatic rings. The van der Waals surface area contributed by atoms with Gasteiger partial charge in [0.1, 0.15) is 0 Å². The molecule has 2 aliphatic rings. The second-order valence-corrected chi connectivity index (χ2v) is 7.76. The molecule has 0 spiro atoms. The summed E-state index contributed by atoms with van der Waals surface area (Å²) in [7, 11) is 2.12. The maximum Gasteiger partial charge on any atom is 0.274 e. The fourth-order valence-electron chi connectivity index (χ4n) is 3.12. The molecular weight excluding hydrogens is 276 g/mol. The van der Waals surface area contributed by atoms with Gasteiger partial charge in [0.05, 0.1) is 5.54 Å². The predicted molar refractivity (Wildman–Crippen MR) is 87.2 cm³/mol. The summed E-state index contributed by atoms with van der Waals surface area (Å²) in [6.07, 6.45) is 3.49. The average Bonchev–Trinajstić information content (AvgIpc) is 3.22. The summed E-state index contributed by atoms with van der Waals surface area (Å²) in [5.74, 6) is 0.698. The van der Waals surface area contributed by atoms with Crippen LogP contribution in [0.2, 0.25) is 0 Å². The fourth-order valence-corrected chi connectivity index (χ4v) is 3.12. The van der Waals surface area contributed by atoms with Crippen LogP contribution in [-0.4, -0.2) is 58.7 Å². The van der Waals surface area contributed by atoms with Gasteiger partial charge in [0.2, 0.25) is 0 Å². The van der Waals surface area contributed by atoms with E-state index in [1.807, 2.05) is 11.0 Å². The van der Waals surface area contributed by atoms with Crippen LogP contribution in [0, 0.1) is 0 Å². The first kappa shape index (κ1) is 15.5. The molecule has 1 saturated carbocycles. The van der Waals surface area contributed by atoms with Crippen LogP contribution in [0.5, 0.6) is 0 Å². The van der Waals surface area contributed by atoms with Gasteiger partial charge in [-0.15, -0.1) is 0 Å². The minimum atomic E-state index is -0.0740. The van der Waals surface area contributed by atoms with E-state index in [0.717, 1.165) is 32.6 Å². The normalized spacial score (nSPS) is 21.0. The highest BCUT2D eigenvalue weighted by molar-refractivity contribution is 5.92. The minimum Gasteiger partial charge on any atom is -0.336 e. The number of aromatic nitrogens is 2. The number of amides is 1. The van der Waals surface area contributed by atoms with Crippen LogP contribution in [0.15, 0.2) is 6.07 Å². The lowest BCUT2D eigenvalue weighted by Gasteiger charge is -2.22. The molecule has 5 heteroatoms. The van der Waals surface area contributed by atoms with Gasteiger partial charge < -0.3 is 9.80 Å². The van der Waals surface area contributed by atoms with Crippen LogP contribution >= 0.6 is 0 Å². The third-order valence-electron chi connectivity index (χ3n) is 4.59. The van der Waals surface area contributed by atoms with E-state index in [2.05, 4.69) is 42.5 Å². The second kappa shape index (κ2) is 5.69. The van der Waals surface area contributed by atoms with Gasteiger partial charge in [-0.1, -0.05) is 0 Å². The summed E-state index contributed by atoms with van der Waals surface area (Å²) in [6, 6.07) is 2.04. The molecule has 122 valence electrons. The highest BCUT2D eigenvalue weighted by Gasteiger charge is 2.33. The summed E-state index contributed by atoms with van der Waals surface area (Å²) >= 11 is 0. The molecule has 1 aliphatic heterocycles. The lowest BCUT2D eigenvalue weighted by Crippen LogP contribution is -2.35. The first-order valence-corrected chi connectivity index (χ1v) is 8.44. The van der Waals surface area contributed by atoms with E-state index >= 15 is 0 Å². The van der Waals surface area contributed by atoms with Crippen molar-refractivity contribution in [2.45, 2.75) is 51.5 Å². The van der Waals surface area contributed by atoms with Crippen molar-refractivity contribution in [2.24, 2.45) is 0 Å². The summed E-state index contributed by atoms with van der Waals surface area (Å²) in [6.45, 7) is 10.1. The lowest BCUT2D eigenvalue weighted by atomic mass is 10.1. The van der Waals surface area contributed by atoms with E-state index in [-0.39, 0.29) is 11.4 Å². The van der Waals surface area contributed by atoms with Crippen molar-refractivity contribution in [3.8, 4) is 0 Å². The topological polar surface area (TPSA) is 41.4 Å². The van der Waals surface area contributed by atoms with Crippen molar-refractivity contribution in [1.29, 1.82) is 0 Å². The first-order valence-electron chi connectivity index (χ1n) is 8.44. The van der Waals surface area contributed by atoms with Crippen molar-refractivity contribution in [2.75, 3.05) is 33.2 Å². The molecule has 0 unspecified atom stereocenters. The first-order chi connectivity index (χ1) is 10.4. The Kier molecular flexibility index (Phi) is 4.02. The zero-order chi connectivity index (χ0) is 15.9. The Morgan fingerprint density at radius 2 is 1.91 bits per heavy atom. The number of rotatable bonds is 2. The molecule has 1 saturated heterocycles. The van der Waals surface area contributed by atoms with Crippen molar-refractivity contribution in [3.63, 3.8) is 0 Å². The largest absolute Gasteiger partial charge is 0.336 e. The van der Waals surface area contributed by atoms with E-state index in [1.54, 1.807) is 0 Å². The van der Waals surface area contributed by atoms with Crippen molar-refractivity contribution in [3.05, 3.63) is 17.5 Å². The molecule has 5 nitrogen and oxygen atoms in total. The van der Waals surface area contributed by atoms with Gasteiger partial charge >= 0.3 is 0 Å². The summed E-state index contributed by atoms with van der Waals surface area (Å²) < 4.78 is 2.07. The molecule has 1 aromatic heterocycles. The summed E-state index contributed by atoms with van der Waals surface area (Å²) in [5.41, 5.74) is 1.79. The van der Waals surface area contributed by atoms with E-state index in [9.17, 15) is 4.79 Å². The lowest BCUT2D eigenvalue weighted by molar-refractivity contribution is 0.0755. The monoisotopic (exact) mass is 304 g/mol. The number of carbonyl (C=O) groups is 1. The molecule has 2 fully saturated rings. The van der Waals surface area contributed by atoms with Crippen LogP contribution in [-0.2, 0) is 5.54 Å². The van der Waals surface area contributed by atoms with Gasteiger partial charge in [-0.25, -0.2) is 0 Å². The highest BCUT2D eigenvalue weighted by atomic mass is 16.2. The maximum absolute atomic E-state index is 12.8. The van der Waals surface area contributed by atoms with E-state index in [0.29, 0.717) is 11.6 Å². The Bertz CT molecular complexity index is 553. The quantitative estimate of drug-likeness (QED) is 0.842. The molecule has 22 heavy (non-hydrogen) atoms. The van der Waals surface area contributed by atoms with Crippen LogP contribution in [0.3, 0.4) is 0 Å². The van der Waals surface area contributed by atoms with Gasteiger partial charge in [0.15, 0.2) is 5.69 Å². The molecule has 0 aromatic carbocycles. The number of hydrogen-bond donors (Lipinski definition) is 0. The Morgan fingerprint density at radius 1 is 1.18 bits per heavy atom. The molecule has 0 atom stereocenters. The van der Waals surface area contributed by atoms with Gasteiger partial charge in [-0.2, -0.15) is 5.10 Å². The molecule has 1 amide bonds. The number of carbonyl (C=O) groups excluding carboxylic acids is 1. The SMILES string of the molecule is CN1CCCN(C(=O)c2cc(C3CC3)n(C(C)(C)C)n2)CC1. The molecular formula is C17H28N4O. The van der Waals surface area contributed by atoms with Crippen LogP contribution in [0.1, 0.15) is 62.1 Å². The minimum absolute atomic E-state index is 0.0740. The maximum atomic E-state index is 12.8. The molecule has 2 heterocycles. The smallest absolute Gasteiger partial charge is 0.274 e. The average molecular weight is 304 g/mol. The van der Waals surface area contributed by atoms with Gasteiger partial charge in [-0.05, 0) is 59.7 Å².